The molecule has 3 rings (SSSR count). The summed E-state index contributed by atoms with van der Waals surface area (Å²) in [6.45, 7) is -0.122. The van der Waals surface area contributed by atoms with Crippen molar-refractivity contribution in [1.82, 2.24) is 14.6 Å². The molecule has 0 radical (unpaired) electrons. The fourth-order valence-corrected chi connectivity index (χ4v) is 1.89. The van der Waals surface area contributed by atoms with Gasteiger partial charge in [0.15, 0.2) is 12.3 Å². The molecular formula is C14H11ClN4O2. The zero-order valence-corrected chi connectivity index (χ0v) is 11.6. The average molecular weight is 303 g/mol. The van der Waals surface area contributed by atoms with Gasteiger partial charge in [0.05, 0.1) is 0 Å². The highest BCUT2D eigenvalue weighted by Gasteiger charge is 2.09. The Kier molecular flexibility index (Phi) is 3.70. The highest BCUT2D eigenvalue weighted by molar-refractivity contribution is 6.30. The maximum absolute atomic E-state index is 11.9. The van der Waals surface area contributed by atoms with Gasteiger partial charge in [-0.05, 0) is 36.4 Å². The molecule has 0 aliphatic carbocycles. The molecule has 0 unspecified atom stereocenters. The number of hydrogen-bond donors (Lipinski definition) is 1. The van der Waals surface area contributed by atoms with Gasteiger partial charge in [-0.2, -0.15) is 0 Å². The lowest BCUT2D eigenvalue weighted by molar-refractivity contribution is -0.118. The van der Waals surface area contributed by atoms with Crippen molar-refractivity contribution >= 4 is 29.1 Å². The molecule has 0 saturated heterocycles. The molecule has 2 heterocycles. The molecule has 0 bridgehead atoms. The SMILES string of the molecule is O=C(COc1ccc(Cl)cc1)Nc1nnc2ccccn12. The van der Waals surface area contributed by atoms with Crippen molar-refractivity contribution in [2.75, 3.05) is 11.9 Å². The molecule has 0 saturated carbocycles. The van der Waals surface area contributed by atoms with Crippen LogP contribution in [0.2, 0.25) is 5.02 Å². The van der Waals surface area contributed by atoms with E-state index in [2.05, 4.69) is 15.5 Å². The minimum Gasteiger partial charge on any atom is -0.484 e. The number of aromatic nitrogens is 3. The van der Waals surface area contributed by atoms with Crippen molar-refractivity contribution in [1.29, 1.82) is 0 Å². The predicted molar refractivity (Wildman–Crippen MR) is 78.6 cm³/mol. The number of hydrogen-bond acceptors (Lipinski definition) is 4. The van der Waals surface area contributed by atoms with E-state index in [1.165, 1.54) is 0 Å². The molecule has 0 aliphatic heterocycles. The molecule has 0 fully saturated rings. The van der Waals surface area contributed by atoms with Gasteiger partial charge < -0.3 is 4.74 Å². The number of pyridine rings is 1. The summed E-state index contributed by atoms with van der Waals surface area (Å²) in [6.07, 6.45) is 1.77. The van der Waals surface area contributed by atoms with E-state index >= 15 is 0 Å². The van der Waals surface area contributed by atoms with E-state index in [4.69, 9.17) is 16.3 Å². The summed E-state index contributed by atoms with van der Waals surface area (Å²) in [7, 11) is 0. The Morgan fingerprint density at radius 1 is 1.19 bits per heavy atom. The van der Waals surface area contributed by atoms with E-state index in [0.717, 1.165) is 0 Å². The van der Waals surface area contributed by atoms with Crippen LogP contribution in [0.25, 0.3) is 5.65 Å². The molecule has 3 aromatic rings. The minimum absolute atomic E-state index is 0.122. The van der Waals surface area contributed by atoms with Crippen LogP contribution in [0.3, 0.4) is 0 Å². The number of amides is 1. The molecule has 0 spiro atoms. The van der Waals surface area contributed by atoms with Gasteiger partial charge in [-0.1, -0.05) is 17.7 Å². The second-order valence-corrected chi connectivity index (χ2v) is 4.68. The normalized spacial score (nSPS) is 10.5. The van der Waals surface area contributed by atoms with Crippen LogP contribution in [0.5, 0.6) is 5.75 Å². The fraction of sp³-hybridized carbons (Fsp3) is 0.0714. The second kappa shape index (κ2) is 5.80. The third-order valence-electron chi connectivity index (χ3n) is 2.75. The summed E-state index contributed by atoms with van der Waals surface area (Å²) in [5, 5.41) is 11.1. The van der Waals surface area contributed by atoms with E-state index < -0.39 is 0 Å². The second-order valence-electron chi connectivity index (χ2n) is 4.24. The minimum atomic E-state index is -0.317. The van der Waals surface area contributed by atoms with Crippen LogP contribution in [0, 0.1) is 0 Å². The summed E-state index contributed by atoms with van der Waals surface area (Å²) in [5.41, 5.74) is 0.659. The number of carbonyl (C=O) groups is 1. The Morgan fingerprint density at radius 2 is 2.00 bits per heavy atom. The lowest BCUT2D eigenvalue weighted by Gasteiger charge is -2.06. The lowest BCUT2D eigenvalue weighted by atomic mass is 10.3. The van der Waals surface area contributed by atoms with Gasteiger partial charge in [0.2, 0.25) is 5.95 Å². The molecule has 106 valence electrons. The first-order chi connectivity index (χ1) is 10.2. The van der Waals surface area contributed by atoms with E-state index in [0.29, 0.717) is 22.4 Å². The topological polar surface area (TPSA) is 68.5 Å². The van der Waals surface area contributed by atoms with E-state index in [1.54, 1.807) is 40.9 Å². The lowest BCUT2D eigenvalue weighted by Crippen LogP contribution is -2.21. The number of nitrogens with one attached hydrogen (secondary N) is 1. The van der Waals surface area contributed by atoms with E-state index in [1.807, 2.05) is 12.1 Å². The molecule has 1 aromatic carbocycles. The highest BCUT2D eigenvalue weighted by atomic mass is 35.5. The summed E-state index contributed by atoms with van der Waals surface area (Å²) >= 11 is 5.77. The number of anilines is 1. The third-order valence-corrected chi connectivity index (χ3v) is 3.00. The number of ether oxygens (including phenoxy) is 1. The zero-order chi connectivity index (χ0) is 14.7. The van der Waals surface area contributed by atoms with Crippen LogP contribution >= 0.6 is 11.6 Å². The number of nitrogens with zero attached hydrogens (tertiary/aromatic N) is 3. The van der Waals surface area contributed by atoms with E-state index in [-0.39, 0.29) is 12.5 Å². The molecule has 0 aliphatic rings. The number of carbonyl (C=O) groups excluding carboxylic acids is 1. The zero-order valence-electron chi connectivity index (χ0n) is 10.9. The molecule has 0 atom stereocenters. The number of benzene rings is 1. The Labute approximate surface area is 125 Å². The van der Waals surface area contributed by atoms with Gasteiger partial charge in [-0.25, -0.2) is 0 Å². The number of fused-ring (bicyclic) bond motifs is 1. The van der Waals surface area contributed by atoms with Gasteiger partial charge in [0.25, 0.3) is 5.91 Å². The van der Waals surface area contributed by atoms with Crippen LogP contribution in [0.1, 0.15) is 0 Å². The Bertz CT molecular complexity index is 770. The fourth-order valence-electron chi connectivity index (χ4n) is 1.77. The smallest absolute Gasteiger partial charge is 0.264 e. The van der Waals surface area contributed by atoms with Crippen molar-refractivity contribution in [3.8, 4) is 5.75 Å². The van der Waals surface area contributed by atoms with Crippen LogP contribution in [-0.4, -0.2) is 27.1 Å². The van der Waals surface area contributed by atoms with Gasteiger partial charge in [0, 0.05) is 11.2 Å². The van der Waals surface area contributed by atoms with Crippen molar-refractivity contribution < 1.29 is 9.53 Å². The van der Waals surface area contributed by atoms with Gasteiger partial charge in [-0.3, -0.25) is 14.5 Å². The van der Waals surface area contributed by atoms with Crippen LogP contribution in [0.4, 0.5) is 5.95 Å². The summed E-state index contributed by atoms with van der Waals surface area (Å²) < 4.78 is 7.04. The molecule has 2 aromatic heterocycles. The van der Waals surface area contributed by atoms with Crippen LogP contribution in [-0.2, 0) is 4.79 Å². The van der Waals surface area contributed by atoms with Gasteiger partial charge in [0.1, 0.15) is 5.75 Å². The van der Waals surface area contributed by atoms with Crippen LogP contribution in [0.15, 0.2) is 48.7 Å². The van der Waals surface area contributed by atoms with Crippen LogP contribution < -0.4 is 10.1 Å². The number of rotatable bonds is 4. The van der Waals surface area contributed by atoms with Gasteiger partial charge >= 0.3 is 0 Å². The summed E-state index contributed by atoms with van der Waals surface area (Å²) in [6, 6.07) is 12.3. The standard InChI is InChI=1S/C14H11ClN4O2/c15-10-4-6-11(7-5-10)21-9-13(20)16-14-18-17-12-3-1-2-8-19(12)14/h1-8H,9H2,(H,16,18,20). The predicted octanol–water partition coefficient (Wildman–Crippen LogP) is 2.40. The molecular weight excluding hydrogens is 292 g/mol. The van der Waals surface area contributed by atoms with Gasteiger partial charge in [-0.15, -0.1) is 10.2 Å². The first kappa shape index (κ1) is 13.4. The Balaban J connectivity index is 1.62. The quantitative estimate of drug-likeness (QED) is 0.803. The van der Waals surface area contributed by atoms with Crippen molar-refractivity contribution in [3.05, 3.63) is 53.7 Å². The monoisotopic (exact) mass is 302 g/mol. The maximum atomic E-state index is 11.9. The third kappa shape index (κ3) is 3.11. The van der Waals surface area contributed by atoms with Crippen molar-refractivity contribution in [2.45, 2.75) is 0 Å². The Hall–Kier alpha value is -2.60. The molecule has 1 N–H and O–H groups in total. The molecule has 21 heavy (non-hydrogen) atoms. The van der Waals surface area contributed by atoms with E-state index in [9.17, 15) is 4.79 Å². The average Bonchev–Trinajstić information content (AvgIpc) is 2.90. The first-order valence-electron chi connectivity index (χ1n) is 6.20. The highest BCUT2D eigenvalue weighted by Crippen LogP contribution is 2.15. The first-order valence-corrected chi connectivity index (χ1v) is 6.58. The summed E-state index contributed by atoms with van der Waals surface area (Å²) in [5.74, 6) is 0.610. The van der Waals surface area contributed by atoms with Crippen molar-refractivity contribution in [3.63, 3.8) is 0 Å². The molecule has 7 heteroatoms. The molecule has 6 nitrogen and oxygen atoms in total. The molecule has 1 amide bonds. The summed E-state index contributed by atoms with van der Waals surface area (Å²) in [4.78, 5) is 11.9. The maximum Gasteiger partial charge on any atom is 0.264 e. The largest absolute Gasteiger partial charge is 0.484 e. The number of halogens is 1. The van der Waals surface area contributed by atoms with Crippen molar-refractivity contribution in [2.24, 2.45) is 0 Å². The Morgan fingerprint density at radius 3 is 2.81 bits per heavy atom.